The molecule has 0 saturated carbocycles. The van der Waals surface area contributed by atoms with Crippen molar-refractivity contribution in [3.05, 3.63) is 35.6 Å². The maximum Gasteiger partial charge on any atom is 0.223 e. The Morgan fingerprint density at radius 3 is 2.92 bits per heavy atom. The summed E-state index contributed by atoms with van der Waals surface area (Å²) >= 11 is 0. The maximum absolute atomic E-state index is 13.2. The smallest absolute Gasteiger partial charge is 0.223 e. The van der Waals surface area contributed by atoms with Crippen LogP contribution in [-0.4, -0.2) is 62.8 Å². The number of aryl methyl sites for hydroxylation is 1. The number of nitrogens with zero attached hydrogens (tertiary/aromatic N) is 1. The molecule has 0 aromatic heterocycles. The van der Waals surface area contributed by atoms with Gasteiger partial charge in [-0.1, -0.05) is 12.1 Å². The predicted molar refractivity (Wildman–Crippen MR) is 90.5 cm³/mol. The second-order valence-electron chi connectivity index (χ2n) is 6.23. The first-order valence-corrected chi connectivity index (χ1v) is 8.34. The lowest BCUT2D eigenvalue weighted by atomic mass is 9.98. The van der Waals surface area contributed by atoms with Crippen molar-refractivity contribution in [2.75, 3.05) is 40.5 Å². The lowest BCUT2D eigenvalue weighted by Gasteiger charge is -2.33. The molecule has 0 radical (unpaired) electrons. The molecule has 0 aliphatic carbocycles. The lowest BCUT2D eigenvalue weighted by Crippen LogP contribution is -2.50. The number of methoxy groups -OCH3 is 1. The minimum Gasteiger partial charge on any atom is -0.377 e. The molecule has 2 amide bonds. The molecule has 6 nitrogen and oxygen atoms in total. The molecular weight excluding hydrogens is 327 g/mol. The summed E-state index contributed by atoms with van der Waals surface area (Å²) in [4.78, 5) is 26.0. The first-order valence-electron chi connectivity index (χ1n) is 8.34. The summed E-state index contributed by atoms with van der Waals surface area (Å²) in [5.41, 5.74) is -0.0757. The van der Waals surface area contributed by atoms with Gasteiger partial charge in [0.1, 0.15) is 11.4 Å². The molecule has 1 N–H and O–H groups in total. The minimum atomic E-state index is -0.856. The highest BCUT2D eigenvalue weighted by molar-refractivity contribution is 5.78. The molecule has 25 heavy (non-hydrogen) atoms. The molecule has 1 aromatic carbocycles. The van der Waals surface area contributed by atoms with Gasteiger partial charge < -0.3 is 19.7 Å². The molecule has 1 fully saturated rings. The van der Waals surface area contributed by atoms with Crippen LogP contribution in [0.4, 0.5) is 4.39 Å². The van der Waals surface area contributed by atoms with Crippen LogP contribution in [0.2, 0.25) is 0 Å². The molecule has 1 saturated heterocycles. The van der Waals surface area contributed by atoms with Crippen LogP contribution in [0.25, 0.3) is 0 Å². The Kier molecular flexibility index (Phi) is 6.90. The second-order valence-corrected chi connectivity index (χ2v) is 6.23. The van der Waals surface area contributed by atoms with Gasteiger partial charge >= 0.3 is 0 Å². The van der Waals surface area contributed by atoms with Gasteiger partial charge in [-0.25, -0.2) is 4.39 Å². The number of rotatable bonds is 6. The summed E-state index contributed by atoms with van der Waals surface area (Å²) in [6, 6.07) is 6.24. The van der Waals surface area contributed by atoms with E-state index in [1.54, 1.807) is 24.1 Å². The molecule has 1 aliphatic rings. The quantitative estimate of drug-likeness (QED) is 0.834. The van der Waals surface area contributed by atoms with E-state index in [0.29, 0.717) is 26.1 Å². The summed E-state index contributed by atoms with van der Waals surface area (Å²) in [7, 11) is 3.08. The van der Waals surface area contributed by atoms with Gasteiger partial charge in [0.25, 0.3) is 0 Å². The van der Waals surface area contributed by atoms with Crippen LogP contribution in [-0.2, 0) is 25.5 Å². The standard InChI is InChI=1S/C18H25FN2O4/c1-20-16(22)11-18(24-2)12-21(8-9-25-13-18)17(23)7-6-14-4-3-5-15(19)10-14/h3-5,10H,6-9,11-13H2,1-2H3,(H,20,22)/t18-/m0/s1. The number of ether oxygens (including phenoxy) is 2. The number of hydrogen-bond donors (Lipinski definition) is 1. The normalized spacial score (nSPS) is 20.8. The van der Waals surface area contributed by atoms with Gasteiger partial charge in [0.2, 0.25) is 11.8 Å². The van der Waals surface area contributed by atoms with Gasteiger partial charge in [-0.15, -0.1) is 0 Å². The van der Waals surface area contributed by atoms with E-state index in [1.165, 1.54) is 19.2 Å². The summed E-state index contributed by atoms with van der Waals surface area (Å²) in [5, 5.41) is 2.57. The van der Waals surface area contributed by atoms with Crippen molar-refractivity contribution in [1.82, 2.24) is 10.2 Å². The second kappa shape index (κ2) is 8.92. The van der Waals surface area contributed by atoms with Crippen LogP contribution in [0.3, 0.4) is 0 Å². The number of amides is 2. The van der Waals surface area contributed by atoms with E-state index >= 15 is 0 Å². The average molecular weight is 352 g/mol. The lowest BCUT2D eigenvalue weighted by molar-refractivity contribution is -0.140. The summed E-state index contributed by atoms with van der Waals surface area (Å²) < 4.78 is 24.4. The van der Waals surface area contributed by atoms with Crippen LogP contribution < -0.4 is 5.32 Å². The van der Waals surface area contributed by atoms with Crippen molar-refractivity contribution < 1.29 is 23.5 Å². The van der Waals surface area contributed by atoms with Gasteiger partial charge in [0.15, 0.2) is 0 Å². The van der Waals surface area contributed by atoms with Crippen molar-refractivity contribution in [2.24, 2.45) is 0 Å². The minimum absolute atomic E-state index is 0.0620. The Morgan fingerprint density at radius 2 is 2.24 bits per heavy atom. The average Bonchev–Trinajstić information content (AvgIpc) is 2.83. The predicted octanol–water partition coefficient (Wildman–Crippen LogP) is 1.14. The molecular formula is C18H25FN2O4. The zero-order valence-electron chi connectivity index (χ0n) is 14.7. The fourth-order valence-electron chi connectivity index (χ4n) is 2.90. The van der Waals surface area contributed by atoms with Crippen LogP contribution in [0.1, 0.15) is 18.4 Å². The van der Waals surface area contributed by atoms with Gasteiger partial charge in [-0.3, -0.25) is 9.59 Å². The van der Waals surface area contributed by atoms with Gasteiger partial charge in [0, 0.05) is 27.1 Å². The van der Waals surface area contributed by atoms with Crippen LogP contribution in [0, 0.1) is 5.82 Å². The van der Waals surface area contributed by atoms with Crippen molar-refractivity contribution in [1.29, 1.82) is 0 Å². The number of carbonyl (C=O) groups is 2. The monoisotopic (exact) mass is 352 g/mol. The SMILES string of the molecule is CNC(=O)C[C@@]1(OC)COCCN(C(=O)CCc2cccc(F)c2)C1. The highest BCUT2D eigenvalue weighted by Gasteiger charge is 2.38. The zero-order valence-corrected chi connectivity index (χ0v) is 14.7. The molecule has 0 bridgehead atoms. The molecule has 1 heterocycles. The van der Waals surface area contributed by atoms with E-state index in [1.807, 2.05) is 0 Å². The Morgan fingerprint density at radius 1 is 1.44 bits per heavy atom. The van der Waals surface area contributed by atoms with E-state index in [9.17, 15) is 14.0 Å². The van der Waals surface area contributed by atoms with E-state index in [2.05, 4.69) is 5.32 Å². The van der Waals surface area contributed by atoms with E-state index < -0.39 is 5.60 Å². The Bertz CT molecular complexity index is 610. The van der Waals surface area contributed by atoms with Crippen LogP contribution >= 0.6 is 0 Å². The third kappa shape index (κ3) is 5.51. The van der Waals surface area contributed by atoms with Crippen molar-refractivity contribution in [3.63, 3.8) is 0 Å². The van der Waals surface area contributed by atoms with Crippen molar-refractivity contribution in [2.45, 2.75) is 24.9 Å². The fraction of sp³-hybridized carbons (Fsp3) is 0.556. The van der Waals surface area contributed by atoms with Crippen LogP contribution in [0.15, 0.2) is 24.3 Å². The third-order valence-corrected chi connectivity index (χ3v) is 4.41. The fourth-order valence-corrected chi connectivity index (χ4v) is 2.90. The van der Waals surface area contributed by atoms with Gasteiger partial charge in [0.05, 0.1) is 26.2 Å². The molecule has 1 atom stereocenters. The van der Waals surface area contributed by atoms with Gasteiger partial charge in [-0.2, -0.15) is 0 Å². The van der Waals surface area contributed by atoms with Crippen LogP contribution in [0.5, 0.6) is 0 Å². The highest BCUT2D eigenvalue weighted by atomic mass is 19.1. The summed E-state index contributed by atoms with van der Waals surface area (Å²) in [5.74, 6) is -0.537. The number of halogens is 1. The third-order valence-electron chi connectivity index (χ3n) is 4.41. The Labute approximate surface area is 147 Å². The number of carbonyl (C=O) groups excluding carboxylic acids is 2. The molecule has 1 aromatic rings. The molecule has 2 rings (SSSR count). The van der Waals surface area contributed by atoms with Crippen molar-refractivity contribution >= 4 is 11.8 Å². The largest absolute Gasteiger partial charge is 0.377 e. The van der Waals surface area contributed by atoms with E-state index in [4.69, 9.17) is 9.47 Å². The molecule has 0 unspecified atom stereocenters. The van der Waals surface area contributed by atoms with Crippen molar-refractivity contribution in [3.8, 4) is 0 Å². The molecule has 7 heteroatoms. The number of hydrogen-bond acceptors (Lipinski definition) is 4. The first kappa shape index (κ1) is 19.3. The summed E-state index contributed by atoms with van der Waals surface area (Å²) in [6.45, 7) is 1.38. The number of nitrogens with one attached hydrogen (secondary N) is 1. The van der Waals surface area contributed by atoms with E-state index in [-0.39, 0.29) is 37.1 Å². The Balaban J connectivity index is 2.00. The van der Waals surface area contributed by atoms with Gasteiger partial charge in [-0.05, 0) is 24.1 Å². The zero-order chi connectivity index (χ0) is 18.3. The highest BCUT2D eigenvalue weighted by Crippen LogP contribution is 2.21. The first-order chi connectivity index (χ1) is 12.0. The molecule has 1 aliphatic heterocycles. The number of benzene rings is 1. The summed E-state index contributed by atoms with van der Waals surface area (Å²) in [6.07, 6.45) is 0.847. The maximum atomic E-state index is 13.2. The Hall–Kier alpha value is -1.99. The topological polar surface area (TPSA) is 67.9 Å². The van der Waals surface area contributed by atoms with E-state index in [0.717, 1.165) is 5.56 Å². The molecule has 0 spiro atoms. The molecule has 138 valence electrons.